The summed E-state index contributed by atoms with van der Waals surface area (Å²) in [7, 11) is 1.43. The molecule has 0 aliphatic heterocycles. The van der Waals surface area contributed by atoms with Gasteiger partial charge in [-0.2, -0.15) is 13.2 Å². The fraction of sp³-hybridized carbons (Fsp3) is 0.455. The Labute approximate surface area is 92.2 Å². The zero-order valence-corrected chi connectivity index (χ0v) is 8.92. The average molecular weight is 233 g/mol. The maximum Gasteiger partial charge on any atom is 0.393 e. The van der Waals surface area contributed by atoms with Gasteiger partial charge in [0.2, 0.25) is 0 Å². The SMILES string of the molecule is COc1ccccc1CC(CN)C(F)(F)F. The second kappa shape index (κ2) is 5.21. The van der Waals surface area contributed by atoms with Gasteiger partial charge in [-0.1, -0.05) is 18.2 Å². The summed E-state index contributed by atoms with van der Waals surface area (Å²) in [6.45, 7) is -0.415. The Morgan fingerprint density at radius 3 is 2.44 bits per heavy atom. The van der Waals surface area contributed by atoms with Crippen LogP contribution in [-0.4, -0.2) is 19.8 Å². The van der Waals surface area contributed by atoms with Crippen molar-refractivity contribution < 1.29 is 17.9 Å². The van der Waals surface area contributed by atoms with Crippen LogP contribution >= 0.6 is 0 Å². The predicted octanol–water partition coefficient (Wildman–Crippen LogP) is 2.37. The van der Waals surface area contributed by atoms with Crippen molar-refractivity contribution in [2.45, 2.75) is 12.6 Å². The van der Waals surface area contributed by atoms with Gasteiger partial charge in [-0.15, -0.1) is 0 Å². The third kappa shape index (κ3) is 3.13. The quantitative estimate of drug-likeness (QED) is 0.866. The fourth-order valence-electron chi connectivity index (χ4n) is 1.47. The lowest BCUT2D eigenvalue weighted by molar-refractivity contribution is -0.171. The lowest BCUT2D eigenvalue weighted by Crippen LogP contribution is -2.32. The average Bonchev–Trinajstić information content (AvgIpc) is 2.24. The molecule has 0 bridgehead atoms. The van der Waals surface area contributed by atoms with Gasteiger partial charge in [-0.3, -0.25) is 0 Å². The van der Waals surface area contributed by atoms with Crippen LogP contribution in [-0.2, 0) is 6.42 Å². The Kier molecular flexibility index (Phi) is 4.18. The summed E-state index contributed by atoms with van der Waals surface area (Å²) in [5, 5.41) is 0. The van der Waals surface area contributed by atoms with E-state index in [1.54, 1.807) is 24.3 Å². The molecule has 0 aliphatic carbocycles. The molecule has 5 heteroatoms. The first kappa shape index (κ1) is 12.8. The van der Waals surface area contributed by atoms with Crippen molar-refractivity contribution >= 4 is 0 Å². The molecular weight excluding hydrogens is 219 g/mol. The van der Waals surface area contributed by atoms with Crippen molar-refractivity contribution in [1.29, 1.82) is 0 Å². The van der Waals surface area contributed by atoms with Crippen molar-refractivity contribution in [3.05, 3.63) is 29.8 Å². The second-order valence-electron chi connectivity index (χ2n) is 3.49. The van der Waals surface area contributed by atoms with Crippen molar-refractivity contribution in [3.8, 4) is 5.75 Å². The van der Waals surface area contributed by atoms with E-state index in [1.807, 2.05) is 0 Å². The van der Waals surface area contributed by atoms with Gasteiger partial charge < -0.3 is 10.5 Å². The van der Waals surface area contributed by atoms with Crippen molar-refractivity contribution in [3.63, 3.8) is 0 Å². The highest BCUT2D eigenvalue weighted by molar-refractivity contribution is 5.33. The zero-order chi connectivity index (χ0) is 12.2. The van der Waals surface area contributed by atoms with Gasteiger partial charge in [0.15, 0.2) is 0 Å². The molecule has 16 heavy (non-hydrogen) atoms. The van der Waals surface area contributed by atoms with Crippen LogP contribution in [0.25, 0.3) is 0 Å². The van der Waals surface area contributed by atoms with E-state index in [0.29, 0.717) is 11.3 Å². The fourth-order valence-corrected chi connectivity index (χ4v) is 1.47. The van der Waals surface area contributed by atoms with E-state index in [1.165, 1.54) is 7.11 Å². The van der Waals surface area contributed by atoms with E-state index in [9.17, 15) is 13.2 Å². The lowest BCUT2D eigenvalue weighted by atomic mass is 9.98. The van der Waals surface area contributed by atoms with Crippen LogP contribution in [0.5, 0.6) is 5.75 Å². The number of ether oxygens (including phenoxy) is 1. The molecule has 1 aromatic rings. The van der Waals surface area contributed by atoms with Crippen LogP contribution in [0.1, 0.15) is 5.56 Å². The molecule has 1 rings (SSSR count). The minimum atomic E-state index is -4.27. The van der Waals surface area contributed by atoms with Gasteiger partial charge in [0, 0.05) is 6.54 Å². The molecule has 0 fully saturated rings. The summed E-state index contributed by atoms with van der Waals surface area (Å²) in [6.07, 6.45) is -4.42. The largest absolute Gasteiger partial charge is 0.496 e. The van der Waals surface area contributed by atoms with Gasteiger partial charge in [-0.05, 0) is 18.1 Å². The Morgan fingerprint density at radius 1 is 1.31 bits per heavy atom. The second-order valence-corrected chi connectivity index (χ2v) is 3.49. The first-order chi connectivity index (χ1) is 7.49. The Bertz CT molecular complexity index is 338. The van der Waals surface area contributed by atoms with Gasteiger partial charge in [0.25, 0.3) is 0 Å². The van der Waals surface area contributed by atoms with Crippen molar-refractivity contribution in [1.82, 2.24) is 0 Å². The van der Waals surface area contributed by atoms with E-state index in [2.05, 4.69) is 0 Å². The normalized spacial score (nSPS) is 13.6. The van der Waals surface area contributed by atoms with Crippen LogP contribution in [0.4, 0.5) is 13.2 Å². The number of hydrogen-bond acceptors (Lipinski definition) is 2. The Morgan fingerprint density at radius 2 is 1.94 bits per heavy atom. The summed E-state index contributed by atoms with van der Waals surface area (Å²) in [4.78, 5) is 0. The number of para-hydroxylation sites is 1. The number of alkyl halides is 3. The number of methoxy groups -OCH3 is 1. The molecule has 0 aliphatic rings. The van der Waals surface area contributed by atoms with Gasteiger partial charge >= 0.3 is 6.18 Å². The first-order valence-corrected chi connectivity index (χ1v) is 4.87. The van der Waals surface area contributed by atoms with E-state index in [4.69, 9.17) is 10.5 Å². The molecule has 2 nitrogen and oxygen atoms in total. The summed E-state index contributed by atoms with van der Waals surface area (Å²) < 4.78 is 42.6. The molecule has 2 N–H and O–H groups in total. The smallest absolute Gasteiger partial charge is 0.393 e. The van der Waals surface area contributed by atoms with E-state index in [0.717, 1.165) is 0 Å². The Balaban J connectivity index is 2.86. The zero-order valence-electron chi connectivity index (χ0n) is 8.92. The molecule has 0 aromatic heterocycles. The summed E-state index contributed by atoms with van der Waals surface area (Å²) in [5.41, 5.74) is 5.66. The van der Waals surface area contributed by atoms with Gasteiger partial charge in [0.05, 0.1) is 13.0 Å². The highest BCUT2D eigenvalue weighted by atomic mass is 19.4. The summed E-state index contributed by atoms with van der Waals surface area (Å²) in [6, 6.07) is 6.65. The van der Waals surface area contributed by atoms with Crippen LogP contribution in [0.15, 0.2) is 24.3 Å². The van der Waals surface area contributed by atoms with Gasteiger partial charge in [0.1, 0.15) is 5.75 Å². The van der Waals surface area contributed by atoms with Crippen LogP contribution in [0.2, 0.25) is 0 Å². The number of rotatable bonds is 4. The minimum Gasteiger partial charge on any atom is -0.496 e. The Hall–Kier alpha value is -1.23. The summed E-state index contributed by atoms with van der Waals surface area (Å²) in [5.74, 6) is -1.06. The van der Waals surface area contributed by atoms with Crippen LogP contribution in [0, 0.1) is 5.92 Å². The molecule has 0 heterocycles. The van der Waals surface area contributed by atoms with Gasteiger partial charge in [-0.25, -0.2) is 0 Å². The third-order valence-corrected chi connectivity index (χ3v) is 2.41. The van der Waals surface area contributed by atoms with E-state index >= 15 is 0 Å². The van der Waals surface area contributed by atoms with Crippen LogP contribution in [0.3, 0.4) is 0 Å². The topological polar surface area (TPSA) is 35.2 Å². The highest BCUT2D eigenvalue weighted by Crippen LogP contribution is 2.30. The molecule has 1 atom stereocenters. The number of halogens is 3. The van der Waals surface area contributed by atoms with E-state index in [-0.39, 0.29) is 6.42 Å². The molecule has 1 aromatic carbocycles. The lowest BCUT2D eigenvalue weighted by Gasteiger charge is -2.19. The monoisotopic (exact) mass is 233 g/mol. The number of nitrogens with two attached hydrogens (primary N) is 1. The maximum absolute atomic E-state index is 12.5. The number of hydrogen-bond donors (Lipinski definition) is 1. The number of benzene rings is 1. The molecule has 90 valence electrons. The third-order valence-electron chi connectivity index (χ3n) is 2.41. The summed E-state index contributed by atoms with van der Waals surface area (Å²) >= 11 is 0. The van der Waals surface area contributed by atoms with Crippen molar-refractivity contribution in [2.24, 2.45) is 11.7 Å². The molecule has 1 unspecified atom stereocenters. The maximum atomic E-state index is 12.5. The minimum absolute atomic E-state index is 0.149. The molecule has 0 saturated carbocycles. The van der Waals surface area contributed by atoms with Crippen LogP contribution < -0.4 is 10.5 Å². The first-order valence-electron chi connectivity index (χ1n) is 4.87. The molecule has 0 amide bonds. The molecule has 0 spiro atoms. The molecule has 0 saturated heterocycles. The van der Waals surface area contributed by atoms with E-state index < -0.39 is 18.6 Å². The highest BCUT2D eigenvalue weighted by Gasteiger charge is 2.38. The predicted molar refractivity (Wildman–Crippen MR) is 55.3 cm³/mol. The molecule has 0 radical (unpaired) electrons. The van der Waals surface area contributed by atoms with Crippen molar-refractivity contribution in [2.75, 3.05) is 13.7 Å². The molecular formula is C11H14F3NO. The standard InChI is InChI=1S/C11H14F3NO/c1-16-10-5-3-2-4-8(10)6-9(7-15)11(12,13)14/h2-5,9H,6-7,15H2,1H3.